The summed E-state index contributed by atoms with van der Waals surface area (Å²) in [6.07, 6.45) is 0. The van der Waals surface area contributed by atoms with Crippen molar-refractivity contribution >= 4 is 22.2 Å². The highest BCUT2D eigenvalue weighted by atomic mass is 32.1. The van der Waals surface area contributed by atoms with E-state index >= 15 is 0 Å². The average molecular weight is 340 g/mol. The second-order valence-electron chi connectivity index (χ2n) is 5.19. The predicted octanol–water partition coefficient (Wildman–Crippen LogP) is 4.68. The number of nitrogens with one attached hydrogen (secondary N) is 1. The maximum absolute atomic E-state index is 5.45. The highest BCUT2D eigenvalue weighted by Crippen LogP contribution is 2.36. The molecule has 2 heterocycles. The summed E-state index contributed by atoms with van der Waals surface area (Å²) >= 11 is 1.56. The third-order valence-electron chi connectivity index (χ3n) is 3.59. The van der Waals surface area contributed by atoms with E-state index in [1.54, 1.807) is 11.3 Å². The van der Waals surface area contributed by atoms with E-state index in [0.717, 1.165) is 39.3 Å². The van der Waals surface area contributed by atoms with Gasteiger partial charge in [0.25, 0.3) is 0 Å². The lowest BCUT2D eigenvalue weighted by molar-refractivity contribution is 0.174. The fourth-order valence-electron chi connectivity index (χ4n) is 2.44. The number of benzene rings is 2. The Morgan fingerprint density at radius 3 is 2.79 bits per heavy atom. The monoisotopic (exact) mass is 340 g/mol. The summed E-state index contributed by atoms with van der Waals surface area (Å²) < 4.78 is 16.2. The maximum atomic E-state index is 5.45. The molecule has 1 aromatic heterocycles. The van der Waals surface area contributed by atoms with Crippen LogP contribution in [0, 0.1) is 0 Å². The number of fused-ring (bicyclic) bond motifs is 1. The van der Waals surface area contributed by atoms with Crippen molar-refractivity contribution in [3.63, 3.8) is 0 Å². The fraction of sp³-hybridized carbons (Fsp3) is 0.167. The third kappa shape index (κ3) is 3.00. The molecule has 1 N–H and O–H groups in total. The summed E-state index contributed by atoms with van der Waals surface area (Å²) in [6.45, 7) is 2.91. The minimum Gasteiger partial charge on any atom is -0.494 e. The topological polar surface area (TPSA) is 52.6 Å². The number of aromatic nitrogens is 1. The van der Waals surface area contributed by atoms with Crippen LogP contribution in [0.4, 0.5) is 10.8 Å². The molecule has 4 rings (SSSR count). The van der Waals surface area contributed by atoms with Crippen LogP contribution < -0.4 is 19.5 Å². The Morgan fingerprint density at radius 2 is 1.96 bits per heavy atom. The van der Waals surface area contributed by atoms with Crippen LogP contribution in [0.3, 0.4) is 0 Å². The number of thiazole rings is 1. The van der Waals surface area contributed by atoms with Crippen LogP contribution in [0.15, 0.2) is 47.8 Å². The third-order valence-corrected chi connectivity index (χ3v) is 4.35. The average Bonchev–Trinajstić information content (AvgIpc) is 3.25. The van der Waals surface area contributed by atoms with E-state index in [2.05, 4.69) is 10.3 Å². The molecule has 0 radical (unpaired) electrons. The Kier molecular flexibility index (Phi) is 3.96. The lowest BCUT2D eigenvalue weighted by atomic mass is 10.1. The van der Waals surface area contributed by atoms with Gasteiger partial charge in [0.1, 0.15) is 5.75 Å². The lowest BCUT2D eigenvalue weighted by Crippen LogP contribution is -1.93. The molecule has 0 spiro atoms. The molecular formula is C18H16N2O3S. The van der Waals surface area contributed by atoms with Crippen molar-refractivity contribution in [3.8, 4) is 28.5 Å². The van der Waals surface area contributed by atoms with Gasteiger partial charge in [-0.1, -0.05) is 0 Å². The summed E-state index contributed by atoms with van der Waals surface area (Å²) in [5.74, 6) is 2.41. The van der Waals surface area contributed by atoms with Crippen LogP contribution in [0.2, 0.25) is 0 Å². The molecule has 24 heavy (non-hydrogen) atoms. The molecule has 0 bridgehead atoms. The molecule has 0 unspecified atom stereocenters. The molecule has 0 saturated carbocycles. The summed E-state index contributed by atoms with van der Waals surface area (Å²) in [5, 5.41) is 6.17. The van der Waals surface area contributed by atoms with Crippen molar-refractivity contribution in [2.24, 2.45) is 0 Å². The first-order valence-corrected chi connectivity index (χ1v) is 8.55. The molecule has 1 aliphatic heterocycles. The zero-order valence-electron chi connectivity index (χ0n) is 13.1. The standard InChI is InChI=1S/C18H16N2O3S/c1-2-21-14-6-4-13(5-7-14)19-18-20-15(10-24-18)12-3-8-16-17(9-12)23-11-22-16/h3-10H,2,11H2,1H3,(H,19,20). The van der Waals surface area contributed by atoms with E-state index in [-0.39, 0.29) is 6.79 Å². The highest BCUT2D eigenvalue weighted by molar-refractivity contribution is 7.14. The minimum atomic E-state index is 0.278. The normalized spacial score (nSPS) is 12.2. The van der Waals surface area contributed by atoms with E-state index in [1.807, 2.05) is 54.8 Å². The summed E-state index contributed by atoms with van der Waals surface area (Å²) in [5.41, 5.74) is 2.90. The number of hydrogen-bond acceptors (Lipinski definition) is 6. The Bertz CT molecular complexity index is 846. The highest BCUT2D eigenvalue weighted by Gasteiger charge is 2.15. The number of anilines is 2. The summed E-state index contributed by atoms with van der Waals surface area (Å²) in [4.78, 5) is 4.64. The van der Waals surface area contributed by atoms with E-state index < -0.39 is 0 Å². The van der Waals surface area contributed by atoms with Crippen LogP contribution in [-0.4, -0.2) is 18.4 Å². The predicted molar refractivity (Wildman–Crippen MR) is 94.6 cm³/mol. The van der Waals surface area contributed by atoms with Crippen LogP contribution in [0.1, 0.15) is 6.92 Å². The van der Waals surface area contributed by atoms with Crippen molar-refractivity contribution in [2.75, 3.05) is 18.7 Å². The smallest absolute Gasteiger partial charge is 0.231 e. The van der Waals surface area contributed by atoms with Gasteiger partial charge in [-0.15, -0.1) is 11.3 Å². The van der Waals surface area contributed by atoms with Crippen LogP contribution in [0.25, 0.3) is 11.3 Å². The van der Waals surface area contributed by atoms with Crippen molar-refractivity contribution in [1.29, 1.82) is 0 Å². The van der Waals surface area contributed by atoms with Crippen molar-refractivity contribution in [3.05, 3.63) is 47.8 Å². The van der Waals surface area contributed by atoms with Crippen molar-refractivity contribution in [1.82, 2.24) is 4.98 Å². The van der Waals surface area contributed by atoms with E-state index in [9.17, 15) is 0 Å². The van der Waals surface area contributed by atoms with Gasteiger partial charge in [-0.3, -0.25) is 0 Å². The number of hydrogen-bond donors (Lipinski definition) is 1. The van der Waals surface area contributed by atoms with Gasteiger partial charge in [-0.05, 0) is 49.4 Å². The number of rotatable bonds is 5. The molecule has 2 aromatic carbocycles. The maximum Gasteiger partial charge on any atom is 0.231 e. The van der Waals surface area contributed by atoms with Crippen LogP contribution >= 0.6 is 11.3 Å². The molecule has 0 saturated heterocycles. The van der Waals surface area contributed by atoms with E-state index in [1.165, 1.54) is 0 Å². The van der Waals surface area contributed by atoms with E-state index in [0.29, 0.717) is 6.61 Å². The van der Waals surface area contributed by atoms with Gasteiger partial charge in [-0.25, -0.2) is 4.98 Å². The first kappa shape index (κ1) is 14.8. The second kappa shape index (κ2) is 6.41. The second-order valence-corrected chi connectivity index (χ2v) is 6.05. The van der Waals surface area contributed by atoms with Crippen molar-refractivity contribution < 1.29 is 14.2 Å². The molecule has 3 aromatic rings. The Morgan fingerprint density at radius 1 is 1.12 bits per heavy atom. The largest absolute Gasteiger partial charge is 0.494 e. The Labute approximate surface area is 143 Å². The fourth-order valence-corrected chi connectivity index (χ4v) is 3.18. The zero-order valence-corrected chi connectivity index (χ0v) is 13.9. The van der Waals surface area contributed by atoms with Gasteiger partial charge in [0.05, 0.1) is 12.3 Å². The Hall–Kier alpha value is -2.73. The van der Waals surface area contributed by atoms with Gasteiger partial charge in [0, 0.05) is 16.6 Å². The molecule has 0 aliphatic carbocycles. The van der Waals surface area contributed by atoms with Gasteiger partial charge in [0.15, 0.2) is 16.6 Å². The SMILES string of the molecule is CCOc1ccc(Nc2nc(-c3ccc4c(c3)OCO4)cs2)cc1. The molecular weight excluding hydrogens is 324 g/mol. The first-order valence-electron chi connectivity index (χ1n) is 7.67. The number of ether oxygens (including phenoxy) is 3. The molecule has 1 aliphatic rings. The molecule has 0 fully saturated rings. The zero-order chi connectivity index (χ0) is 16.4. The van der Waals surface area contributed by atoms with Crippen LogP contribution in [0.5, 0.6) is 17.2 Å². The van der Waals surface area contributed by atoms with Gasteiger partial charge >= 0.3 is 0 Å². The van der Waals surface area contributed by atoms with E-state index in [4.69, 9.17) is 14.2 Å². The molecule has 0 amide bonds. The van der Waals surface area contributed by atoms with Crippen molar-refractivity contribution in [2.45, 2.75) is 6.92 Å². The minimum absolute atomic E-state index is 0.278. The summed E-state index contributed by atoms with van der Waals surface area (Å²) in [6, 6.07) is 13.7. The molecule has 5 nitrogen and oxygen atoms in total. The van der Waals surface area contributed by atoms with Gasteiger partial charge in [-0.2, -0.15) is 0 Å². The molecule has 122 valence electrons. The molecule has 6 heteroatoms. The Balaban J connectivity index is 1.50. The first-order chi connectivity index (χ1) is 11.8. The van der Waals surface area contributed by atoms with Crippen LogP contribution in [-0.2, 0) is 0 Å². The lowest BCUT2D eigenvalue weighted by Gasteiger charge is -2.05. The quantitative estimate of drug-likeness (QED) is 0.731. The number of nitrogens with zero attached hydrogens (tertiary/aromatic N) is 1. The summed E-state index contributed by atoms with van der Waals surface area (Å²) in [7, 11) is 0. The molecule has 0 atom stereocenters. The van der Waals surface area contributed by atoms with Gasteiger partial charge < -0.3 is 19.5 Å². The van der Waals surface area contributed by atoms with Gasteiger partial charge in [0.2, 0.25) is 6.79 Å².